The van der Waals surface area contributed by atoms with Crippen molar-refractivity contribution < 1.29 is 0 Å². The van der Waals surface area contributed by atoms with E-state index in [1.807, 2.05) is 25.1 Å². The van der Waals surface area contributed by atoms with Gasteiger partial charge in [0.25, 0.3) is 0 Å². The third-order valence-corrected chi connectivity index (χ3v) is 4.10. The van der Waals surface area contributed by atoms with Crippen LogP contribution >= 0.6 is 22.9 Å². The standard InChI is InChI=1S/C12H11ClN4S/c1-6-11(18-10(5-14)15-6)12-16-8-3-2-7(13)4-9(8)17-12/h2-4H,5,14H2,1H3,(H,16,17). The molecule has 0 aliphatic heterocycles. The number of nitrogens with zero attached hydrogens (tertiary/aromatic N) is 2. The van der Waals surface area contributed by atoms with Crippen molar-refractivity contribution in [1.29, 1.82) is 0 Å². The maximum absolute atomic E-state index is 5.96. The number of imidazole rings is 1. The molecule has 0 saturated heterocycles. The van der Waals surface area contributed by atoms with Crippen LogP contribution in [0, 0.1) is 6.92 Å². The molecule has 0 aliphatic carbocycles. The first-order valence-corrected chi connectivity index (χ1v) is 6.69. The van der Waals surface area contributed by atoms with Crippen molar-refractivity contribution in [3.8, 4) is 10.7 Å². The Morgan fingerprint density at radius 3 is 2.94 bits per heavy atom. The van der Waals surface area contributed by atoms with Crippen LogP contribution in [-0.2, 0) is 6.54 Å². The highest BCUT2D eigenvalue weighted by Crippen LogP contribution is 2.29. The molecule has 1 aromatic carbocycles. The third-order valence-electron chi connectivity index (χ3n) is 2.67. The van der Waals surface area contributed by atoms with Gasteiger partial charge in [-0.3, -0.25) is 0 Å². The number of H-pyrrole nitrogens is 1. The fraction of sp³-hybridized carbons (Fsp3) is 0.167. The highest BCUT2D eigenvalue weighted by Gasteiger charge is 2.13. The predicted octanol–water partition coefficient (Wildman–Crippen LogP) is 3.11. The summed E-state index contributed by atoms with van der Waals surface area (Å²) in [4.78, 5) is 13.2. The molecule has 18 heavy (non-hydrogen) atoms. The minimum Gasteiger partial charge on any atom is -0.337 e. The Bertz CT molecular complexity index is 716. The van der Waals surface area contributed by atoms with Crippen molar-refractivity contribution in [3.05, 3.63) is 33.9 Å². The first-order valence-electron chi connectivity index (χ1n) is 5.49. The van der Waals surface area contributed by atoms with Crippen LogP contribution in [0.2, 0.25) is 5.02 Å². The minimum atomic E-state index is 0.456. The van der Waals surface area contributed by atoms with Crippen LogP contribution in [-0.4, -0.2) is 15.0 Å². The second-order valence-corrected chi connectivity index (χ2v) is 5.49. The smallest absolute Gasteiger partial charge is 0.150 e. The minimum absolute atomic E-state index is 0.456. The van der Waals surface area contributed by atoms with Gasteiger partial charge in [0.05, 0.1) is 21.6 Å². The van der Waals surface area contributed by atoms with E-state index in [1.54, 1.807) is 11.3 Å². The molecule has 0 saturated carbocycles. The third kappa shape index (κ3) is 1.90. The van der Waals surface area contributed by atoms with Crippen molar-refractivity contribution >= 4 is 34.0 Å². The SMILES string of the molecule is Cc1nc(CN)sc1-c1nc2ccc(Cl)cc2[nH]1. The van der Waals surface area contributed by atoms with Crippen molar-refractivity contribution in [2.45, 2.75) is 13.5 Å². The lowest BCUT2D eigenvalue weighted by atomic mass is 10.3. The molecule has 2 aromatic heterocycles. The zero-order valence-electron chi connectivity index (χ0n) is 9.70. The Hall–Kier alpha value is -1.43. The lowest BCUT2D eigenvalue weighted by Gasteiger charge is -1.90. The maximum atomic E-state index is 5.96. The van der Waals surface area contributed by atoms with E-state index in [-0.39, 0.29) is 0 Å². The highest BCUT2D eigenvalue weighted by atomic mass is 35.5. The van der Waals surface area contributed by atoms with Crippen LogP contribution in [0.4, 0.5) is 0 Å². The zero-order valence-corrected chi connectivity index (χ0v) is 11.3. The van der Waals surface area contributed by atoms with E-state index in [0.717, 1.165) is 32.4 Å². The molecule has 0 amide bonds. The van der Waals surface area contributed by atoms with Gasteiger partial charge in [0.15, 0.2) is 5.82 Å². The van der Waals surface area contributed by atoms with Crippen LogP contribution in [0.25, 0.3) is 21.7 Å². The molecule has 3 N–H and O–H groups in total. The number of thiazole rings is 1. The molecule has 92 valence electrons. The average Bonchev–Trinajstić information content (AvgIpc) is 2.91. The predicted molar refractivity (Wildman–Crippen MR) is 74.8 cm³/mol. The summed E-state index contributed by atoms with van der Waals surface area (Å²) in [6, 6.07) is 5.60. The fourth-order valence-electron chi connectivity index (χ4n) is 1.85. The van der Waals surface area contributed by atoms with Crippen LogP contribution in [0.1, 0.15) is 10.7 Å². The zero-order chi connectivity index (χ0) is 12.7. The highest BCUT2D eigenvalue weighted by molar-refractivity contribution is 7.15. The number of nitrogens with one attached hydrogen (secondary N) is 1. The van der Waals surface area contributed by atoms with E-state index < -0.39 is 0 Å². The maximum Gasteiger partial charge on any atom is 0.150 e. The lowest BCUT2D eigenvalue weighted by Crippen LogP contribution is -1.94. The molecular formula is C12H11ClN4S. The topological polar surface area (TPSA) is 67.6 Å². The molecule has 2 heterocycles. The van der Waals surface area contributed by atoms with Gasteiger partial charge in [-0.25, -0.2) is 9.97 Å². The molecule has 3 aromatic rings. The Balaban J connectivity index is 2.15. The molecule has 0 radical (unpaired) electrons. The number of aryl methyl sites for hydroxylation is 1. The first-order chi connectivity index (χ1) is 8.67. The van der Waals surface area contributed by atoms with Crippen LogP contribution in [0.3, 0.4) is 0 Å². The summed E-state index contributed by atoms with van der Waals surface area (Å²) < 4.78 is 0. The van der Waals surface area contributed by atoms with Crippen LogP contribution in [0.15, 0.2) is 18.2 Å². The van der Waals surface area contributed by atoms with Gasteiger partial charge in [-0.15, -0.1) is 11.3 Å². The Morgan fingerprint density at radius 1 is 1.39 bits per heavy atom. The van der Waals surface area contributed by atoms with Crippen LogP contribution < -0.4 is 5.73 Å². The summed E-state index contributed by atoms with van der Waals surface area (Å²) in [5.74, 6) is 0.821. The van der Waals surface area contributed by atoms with Gasteiger partial charge in [0, 0.05) is 11.6 Å². The number of rotatable bonds is 2. The molecule has 0 unspecified atom stereocenters. The molecule has 3 rings (SSSR count). The van der Waals surface area contributed by atoms with E-state index in [0.29, 0.717) is 11.6 Å². The van der Waals surface area contributed by atoms with Gasteiger partial charge >= 0.3 is 0 Å². The van der Waals surface area contributed by atoms with Crippen molar-refractivity contribution in [2.24, 2.45) is 5.73 Å². The van der Waals surface area contributed by atoms with Crippen molar-refractivity contribution in [1.82, 2.24) is 15.0 Å². The normalized spacial score (nSPS) is 11.3. The van der Waals surface area contributed by atoms with Crippen molar-refractivity contribution in [2.75, 3.05) is 0 Å². The monoisotopic (exact) mass is 278 g/mol. The lowest BCUT2D eigenvalue weighted by molar-refractivity contribution is 1.02. The summed E-state index contributed by atoms with van der Waals surface area (Å²) >= 11 is 7.53. The van der Waals surface area contributed by atoms with Crippen LogP contribution in [0.5, 0.6) is 0 Å². The summed E-state index contributed by atoms with van der Waals surface area (Å²) in [5, 5.41) is 1.61. The number of hydrogen-bond donors (Lipinski definition) is 2. The second-order valence-electron chi connectivity index (χ2n) is 3.97. The number of halogens is 1. The number of hydrogen-bond acceptors (Lipinski definition) is 4. The van der Waals surface area contributed by atoms with E-state index >= 15 is 0 Å². The van der Waals surface area contributed by atoms with Crippen molar-refractivity contribution in [3.63, 3.8) is 0 Å². The number of nitrogens with two attached hydrogens (primary N) is 1. The Labute approximate surface area is 113 Å². The summed E-state index contributed by atoms with van der Waals surface area (Å²) in [5.41, 5.74) is 8.38. The number of benzene rings is 1. The molecule has 0 aliphatic rings. The van der Waals surface area contributed by atoms with E-state index in [2.05, 4.69) is 15.0 Å². The van der Waals surface area contributed by atoms with E-state index in [1.165, 1.54) is 0 Å². The number of aromatic amines is 1. The van der Waals surface area contributed by atoms with Gasteiger partial charge in [-0.1, -0.05) is 11.6 Å². The van der Waals surface area contributed by atoms with Gasteiger partial charge in [0.2, 0.25) is 0 Å². The molecule has 4 nitrogen and oxygen atoms in total. The number of fused-ring (bicyclic) bond motifs is 1. The Morgan fingerprint density at radius 2 is 2.22 bits per heavy atom. The summed E-state index contributed by atoms with van der Waals surface area (Å²) in [7, 11) is 0. The molecule has 0 bridgehead atoms. The molecule has 0 spiro atoms. The quantitative estimate of drug-likeness (QED) is 0.757. The average molecular weight is 279 g/mol. The fourth-order valence-corrected chi connectivity index (χ4v) is 2.91. The molecule has 0 fully saturated rings. The first kappa shape index (κ1) is 11.6. The second kappa shape index (κ2) is 4.35. The summed E-state index contributed by atoms with van der Waals surface area (Å²) in [6.45, 7) is 2.42. The Kier molecular flexibility index (Phi) is 2.81. The number of aromatic nitrogens is 3. The molecular weight excluding hydrogens is 268 g/mol. The van der Waals surface area contributed by atoms with E-state index in [4.69, 9.17) is 17.3 Å². The molecule has 6 heteroatoms. The van der Waals surface area contributed by atoms with Gasteiger partial charge in [0.1, 0.15) is 5.01 Å². The molecule has 0 atom stereocenters. The van der Waals surface area contributed by atoms with Gasteiger partial charge in [-0.05, 0) is 25.1 Å². The van der Waals surface area contributed by atoms with Gasteiger partial charge < -0.3 is 10.7 Å². The van der Waals surface area contributed by atoms with Gasteiger partial charge in [-0.2, -0.15) is 0 Å². The largest absolute Gasteiger partial charge is 0.337 e. The summed E-state index contributed by atoms with van der Waals surface area (Å²) in [6.07, 6.45) is 0. The van der Waals surface area contributed by atoms with E-state index in [9.17, 15) is 0 Å².